The molecule has 0 radical (unpaired) electrons. The summed E-state index contributed by atoms with van der Waals surface area (Å²) < 4.78 is 5.23. The van der Waals surface area contributed by atoms with Crippen LogP contribution in [0.25, 0.3) is 0 Å². The maximum absolute atomic E-state index is 12.6. The average molecular weight is 354 g/mol. The van der Waals surface area contributed by atoms with Gasteiger partial charge in [-0.15, -0.1) is 0 Å². The van der Waals surface area contributed by atoms with Crippen LogP contribution in [0.1, 0.15) is 31.7 Å². The van der Waals surface area contributed by atoms with Crippen LogP contribution < -0.4 is 10.1 Å². The predicted molar refractivity (Wildman–Crippen MR) is 103 cm³/mol. The third kappa shape index (κ3) is 5.34. The number of anilines is 1. The minimum atomic E-state index is -0.239. The van der Waals surface area contributed by atoms with Gasteiger partial charge in [-0.1, -0.05) is 49.4 Å². The van der Waals surface area contributed by atoms with Crippen LogP contribution in [0.15, 0.2) is 54.6 Å². The number of carbonyl (C=O) groups is 2. The first-order chi connectivity index (χ1) is 12.5. The van der Waals surface area contributed by atoms with Crippen LogP contribution in [-0.4, -0.2) is 36.9 Å². The van der Waals surface area contributed by atoms with Crippen molar-refractivity contribution in [2.24, 2.45) is 0 Å². The first kappa shape index (κ1) is 19.5. The third-order valence-electron chi connectivity index (χ3n) is 4.30. The molecule has 138 valence electrons. The number of carbonyl (C=O) groups excluding carboxylic acids is 2. The third-order valence-corrected chi connectivity index (χ3v) is 4.30. The quantitative estimate of drug-likeness (QED) is 0.787. The molecular formula is C21H26N2O3. The normalized spacial score (nSPS) is 11.5. The molecule has 0 bridgehead atoms. The number of hydrogen-bond acceptors (Lipinski definition) is 3. The Hall–Kier alpha value is -2.82. The summed E-state index contributed by atoms with van der Waals surface area (Å²) >= 11 is 0. The fourth-order valence-electron chi connectivity index (χ4n) is 2.78. The summed E-state index contributed by atoms with van der Waals surface area (Å²) in [6.07, 6.45) is 0.375. The Bertz CT molecular complexity index is 731. The van der Waals surface area contributed by atoms with Crippen LogP contribution in [0.5, 0.6) is 5.75 Å². The number of nitrogens with one attached hydrogen (secondary N) is 1. The summed E-state index contributed by atoms with van der Waals surface area (Å²) in [5.74, 6) is 0.430. The van der Waals surface area contributed by atoms with E-state index in [1.54, 1.807) is 24.1 Å². The summed E-state index contributed by atoms with van der Waals surface area (Å²) in [7, 11) is 1.55. The Labute approximate surface area is 155 Å². The van der Waals surface area contributed by atoms with Crippen molar-refractivity contribution >= 4 is 17.5 Å². The molecule has 2 amide bonds. The molecule has 1 unspecified atom stereocenters. The summed E-state index contributed by atoms with van der Waals surface area (Å²) in [6, 6.07) is 17.1. The van der Waals surface area contributed by atoms with E-state index in [1.807, 2.05) is 56.3 Å². The smallest absolute Gasteiger partial charge is 0.244 e. The van der Waals surface area contributed by atoms with E-state index in [1.165, 1.54) is 0 Å². The highest BCUT2D eigenvalue weighted by molar-refractivity contribution is 5.95. The van der Waals surface area contributed by atoms with Gasteiger partial charge in [-0.05, 0) is 30.5 Å². The molecule has 26 heavy (non-hydrogen) atoms. The molecule has 0 spiro atoms. The fraction of sp³-hybridized carbons (Fsp3) is 0.333. The number of para-hydroxylation sites is 2. The van der Waals surface area contributed by atoms with E-state index >= 15 is 0 Å². The highest BCUT2D eigenvalue weighted by Crippen LogP contribution is 2.23. The van der Waals surface area contributed by atoms with E-state index in [4.69, 9.17) is 4.74 Å². The van der Waals surface area contributed by atoms with E-state index in [0.29, 0.717) is 24.4 Å². The Balaban J connectivity index is 1.95. The summed E-state index contributed by atoms with van der Waals surface area (Å²) in [5.41, 5.74) is 1.72. The molecule has 2 rings (SSSR count). The van der Waals surface area contributed by atoms with E-state index < -0.39 is 0 Å². The molecule has 0 saturated heterocycles. The van der Waals surface area contributed by atoms with E-state index in [2.05, 4.69) is 5.32 Å². The largest absolute Gasteiger partial charge is 0.495 e. The molecule has 0 fully saturated rings. The topological polar surface area (TPSA) is 58.6 Å². The van der Waals surface area contributed by atoms with Crippen LogP contribution in [0, 0.1) is 0 Å². The molecular weight excluding hydrogens is 328 g/mol. The Morgan fingerprint density at radius 2 is 1.73 bits per heavy atom. The zero-order chi connectivity index (χ0) is 18.9. The average Bonchev–Trinajstić information content (AvgIpc) is 2.67. The molecule has 0 aromatic heterocycles. The lowest BCUT2D eigenvalue weighted by atomic mass is 9.97. The van der Waals surface area contributed by atoms with Gasteiger partial charge in [0.25, 0.3) is 0 Å². The molecule has 1 atom stereocenters. The van der Waals surface area contributed by atoms with Gasteiger partial charge in [0.05, 0.1) is 19.3 Å². The highest BCUT2D eigenvalue weighted by atomic mass is 16.5. The molecule has 5 nitrogen and oxygen atoms in total. The van der Waals surface area contributed by atoms with Crippen molar-refractivity contribution in [2.45, 2.75) is 26.2 Å². The number of methoxy groups -OCH3 is 1. The summed E-state index contributed by atoms with van der Waals surface area (Å²) in [4.78, 5) is 26.5. The van der Waals surface area contributed by atoms with E-state index in [0.717, 1.165) is 5.56 Å². The van der Waals surface area contributed by atoms with Gasteiger partial charge in [0, 0.05) is 13.0 Å². The van der Waals surface area contributed by atoms with Gasteiger partial charge in [0.1, 0.15) is 5.75 Å². The number of benzene rings is 2. The van der Waals surface area contributed by atoms with Gasteiger partial charge in [0.2, 0.25) is 11.8 Å². The lowest BCUT2D eigenvalue weighted by molar-refractivity contribution is -0.134. The zero-order valence-electron chi connectivity index (χ0n) is 15.6. The van der Waals surface area contributed by atoms with Gasteiger partial charge < -0.3 is 15.0 Å². The molecule has 2 aromatic carbocycles. The summed E-state index contributed by atoms with van der Waals surface area (Å²) in [5, 5.41) is 2.81. The van der Waals surface area contributed by atoms with Crippen molar-refractivity contribution in [3.8, 4) is 5.75 Å². The summed E-state index contributed by atoms with van der Waals surface area (Å²) in [6.45, 7) is 4.41. The molecule has 0 aliphatic rings. The minimum absolute atomic E-state index is 0.0227. The first-order valence-corrected chi connectivity index (χ1v) is 8.80. The molecule has 0 aliphatic carbocycles. The van der Waals surface area contributed by atoms with Crippen LogP contribution in [0.2, 0.25) is 0 Å². The second-order valence-electron chi connectivity index (χ2n) is 6.17. The second-order valence-corrected chi connectivity index (χ2v) is 6.17. The van der Waals surface area contributed by atoms with Crippen LogP contribution in [0.3, 0.4) is 0 Å². The number of nitrogens with zero attached hydrogens (tertiary/aromatic N) is 1. The van der Waals surface area contributed by atoms with Gasteiger partial charge in [-0.25, -0.2) is 0 Å². The minimum Gasteiger partial charge on any atom is -0.495 e. The number of hydrogen-bond donors (Lipinski definition) is 1. The molecule has 0 heterocycles. The molecule has 5 heteroatoms. The fourth-order valence-corrected chi connectivity index (χ4v) is 2.78. The highest BCUT2D eigenvalue weighted by Gasteiger charge is 2.19. The van der Waals surface area contributed by atoms with Gasteiger partial charge in [-0.3, -0.25) is 9.59 Å². The first-order valence-electron chi connectivity index (χ1n) is 8.80. The lowest BCUT2D eigenvalue weighted by Gasteiger charge is -2.22. The second kappa shape index (κ2) is 9.61. The maximum atomic E-state index is 12.6. The van der Waals surface area contributed by atoms with Gasteiger partial charge in [-0.2, -0.15) is 0 Å². The van der Waals surface area contributed by atoms with Crippen molar-refractivity contribution in [1.29, 1.82) is 0 Å². The van der Waals surface area contributed by atoms with Crippen molar-refractivity contribution in [2.75, 3.05) is 25.5 Å². The molecule has 2 aromatic rings. The standard InChI is InChI=1S/C21H26N2O3/c1-4-23(21(25)14-16(2)17-10-6-5-7-11-17)15-20(24)22-18-12-8-9-13-19(18)26-3/h5-13,16H,4,14-15H2,1-3H3,(H,22,24). The predicted octanol–water partition coefficient (Wildman–Crippen LogP) is 3.68. The van der Waals surface area contributed by atoms with Crippen molar-refractivity contribution in [3.05, 3.63) is 60.2 Å². The van der Waals surface area contributed by atoms with E-state index in [-0.39, 0.29) is 24.3 Å². The van der Waals surface area contributed by atoms with Gasteiger partial charge >= 0.3 is 0 Å². The monoisotopic (exact) mass is 354 g/mol. The Morgan fingerprint density at radius 1 is 1.08 bits per heavy atom. The SMILES string of the molecule is CCN(CC(=O)Nc1ccccc1OC)C(=O)CC(C)c1ccccc1. The number of rotatable bonds is 8. The van der Waals surface area contributed by atoms with Crippen molar-refractivity contribution < 1.29 is 14.3 Å². The van der Waals surface area contributed by atoms with Crippen LogP contribution >= 0.6 is 0 Å². The molecule has 0 saturated carbocycles. The van der Waals surface area contributed by atoms with Gasteiger partial charge in [0.15, 0.2) is 0 Å². The number of amides is 2. The number of likely N-dealkylation sites (N-methyl/N-ethyl adjacent to an activating group) is 1. The van der Waals surface area contributed by atoms with Crippen molar-refractivity contribution in [1.82, 2.24) is 4.90 Å². The lowest BCUT2D eigenvalue weighted by Crippen LogP contribution is -2.38. The van der Waals surface area contributed by atoms with Crippen LogP contribution in [-0.2, 0) is 9.59 Å². The van der Waals surface area contributed by atoms with E-state index in [9.17, 15) is 9.59 Å². The number of ether oxygens (including phenoxy) is 1. The Kier molecular flexibility index (Phi) is 7.21. The maximum Gasteiger partial charge on any atom is 0.244 e. The molecule has 1 N–H and O–H groups in total. The molecule has 0 aliphatic heterocycles. The Morgan fingerprint density at radius 3 is 2.38 bits per heavy atom. The van der Waals surface area contributed by atoms with Crippen molar-refractivity contribution in [3.63, 3.8) is 0 Å². The van der Waals surface area contributed by atoms with Crippen LogP contribution in [0.4, 0.5) is 5.69 Å². The zero-order valence-corrected chi connectivity index (χ0v) is 15.6.